The molecule has 6 heteroatoms. The molecule has 0 radical (unpaired) electrons. The van der Waals surface area contributed by atoms with Crippen LogP contribution in [0.1, 0.15) is 38.3 Å². The number of fused-ring (bicyclic) bond motifs is 1. The fraction of sp³-hybridized carbons (Fsp3) is 0.316. The number of benzene rings is 2. The standard InChI is InChI=1S/C19H21N3O3/c1-19(2,3)13-10-12(8-9-17(23)24)11-16(18(13)25)22-20-14-6-4-5-7-15(14)21-22/h4-7,10-11,25H,8-9H2,1-3H3,(H,23,24)/p-1. The molecule has 0 amide bonds. The molecule has 0 saturated heterocycles. The van der Waals surface area contributed by atoms with E-state index in [1.54, 1.807) is 6.07 Å². The highest BCUT2D eigenvalue weighted by molar-refractivity contribution is 5.74. The van der Waals surface area contributed by atoms with E-state index in [0.29, 0.717) is 12.1 Å². The number of phenols is 1. The largest absolute Gasteiger partial charge is 0.550 e. The van der Waals surface area contributed by atoms with Gasteiger partial charge in [-0.15, -0.1) is 15.0 Å². The molecule has 0 unspecified atom stereocenters. The number of hydrogen-bond donors (Lipinski definition) is 1. The van der Waals surface area contributed by atoms with E-state index in [1.165, 1.54) is 4.80 Å². The van der Waals surface area contributed by atoms with E-state index in [-0.39, 0.29) is 17.6 Å². The highest BCUT2D eigenvalue weighted by Crippen LogP contribution is 2.36. The first kappa shape index (κ1) is 17.0. The zero-order valence-corrected chi connectivity index (χ0v) is 14.5. The van der Waals surface area contributed by atoms with E-state index in [0.717, 1.165) is 22.2 Å². The van der Waals surface area contributed by atoms with Crippen LogP contribution in [0.25, 0.3) is 16.7 Å². The van der Waals surface area contributed by atoms with E-state index >= 15 is 0 Å². The summed E-state index contributed by atoms with van der Waals surface area (Å²) in [6, 6.07) is 11.0. The summed E-state index contributed by atoms with van der Waals surface area (Å²) in [4.78, 5) is 12.2. The number of aliphatic carboxylic acids is 1. The number of aromatic nitrogens is 3. The van der Waals surface area contributed by atoms with Gasteiger partial charge in [0.15, 0.2) is 0 Å². The van der Waals surface area contributed by atoms with Crippen molar-refractivity contribution in [1.82, 2.24) is 15.0 Å². The zero-order valence-electron chi connectivity index (χ0n) is 14.5. The summed E-state index contributed by atoms with van der Waals surface area (Å²) in [5, 5.41) is 30.4. The van der Waals surface area contributed by atoms with Crippen molar-refractivity contribution in [3.8, 4) is 11.4 Å². The summed E-state index contributed by atoms with van der Waals surface area (Å²) in [5.41, 5.74) is 3.08. The third-order valence-corrected chi connectivity index (χ3v) is 4.08. The van der Waals surface area contributed by atoms with Crippen LogP contribution in [0.5, 0.6) is 5.75 Å². The number of carbonyl (C=O) groups is 1. The third kappa shape index (κ3) is 3.47. The van der Waals surface area contributed by atoms with Crippen LogP contribution in [0.4, 0.5) is 0 Å². The first-order valence-electron chi connectivity index (χ1n) is 8.14. The molecule has 0 atom stereocenters. The maximum Gasteiger partial charge on any atom is 0.146 e. The fourth-order valence-corrected chi connectivity index (χ4v) is 2.76. The van der Waals surface area contributed by atoms with E-state index < -0.39 is 5.97 Å². The van der Waals surface area contributed by atoms with Crippen molar-refractivity contribution in [1.29, 1.82) is 0 Å². The summed E-state index contributed by atoms with van der Waals surface area (Å²) >= 11 is 0. The Labute approximate surface area is 145 Å². The maximum absolute atomic E-state index is 10.8. The quantitative estimate of drug-likeness (QED) is 0.787. The van der Waals surface area contributed by atoms with Gasteiger partial charge in [0, 0.05) is 11.5 Å². The Hall–Kier alpha value is -2.89. The van der Waals surface area contributed by atoms with E-state index in [4.69, 9.17) is 0 Å². The Balaban J connectivity index is 2.16. The van der Waals surface area contributed by atoms with Crippen LogP contribution in [-0.4, -0.2) is 26.1 Å². The fourth-order valence-electron chi connectivity index (χ4n) is 2.76. The number of nitrogens with zero attached hydrogens (tertiary/aromatic N) is 3. The first-order chi connectivity index (χ1) is 11.8. The van der Waals surface area contributed by atoms with Crippen LogP contribution in [-0.2, 0) is 16.6 Å². The summed E-state index contributed by atoms with van der Waals surface area (Å²) in [7, 11) is 0. The van der Waals surface area contributed by atoms with Crippen LogP contribution in [0.3, 0.4) is 0 Å². The third-order valence-electron chi connectivity index (χ3n) is 4.08. The molecular formula is C19H20N3O3-. The van der Waals surface area contributed by atoms with E-state index in [1.807, 2.05) is 51.1 Å². The van der Waals surface area contributed by atoms with Crippen LogP contribution < -0.4 is 5.11 Å². The number of rotatable bonds is 4. The monoisotopic (exact) mass is 338 g/mol. The number of aryl methyl sites for hydroxylation is 1. The topological polar surface area (TPSA) is 91.1 Å². The number of aromatic hydroxyl groups is 1. The predicted octanol–water partition coefficient (Wildman–Crippen LogP) is 2.11. The molecule has 3 rings (SSSR count). The minimum Gasteiger partial charge on any atom is -0.550 e. The molecular weight excluding hydrogens is 318 g/mol. The summed E-state index contributed by atoms with van der Waals surface area (Å²) in [6.07, 6.45) is 0.238. The lowest BCUT2D eigenvalue weighted by Gasteiger charge is -2.23. The lowest BCUT2D eigenvalue weighted by Crippen LogP contribution is -2.22. The van der Waals surface area contributed by atoms with Gasteiger partial charge in [-0.25, -0.2) is 0 Å². The number of hydrogen-bond acceptors (Lipinski definition) is 5. The number of phenolic OH excluding ortho intramolecular Hbond substituents is 1. The highest BCUT2D eigenvalue weighted by Gasteiger charge is 2.23. The van der Waals surface area contributed by atoms with Crippen molar-refractivity contribution in [3.05, 3.63) is 47.5 Å². The molecule has 0 bridgehead atoms. The molecule has 1 heterocycles. The van der Waals surface area contributed by atoms with Gasteiger partial charge < -0.3 is 15.0 Å². The molecule has 6 nitrogen and oxygen atoms in total. The second-order valence-corrected chi connectivity index (χ2v) is 7.11. The second kappa shape index (κ2) is 6.20. The van der Waals surface area contributed by atoms with Gasteiger partial charge in [0.1, 0.15) is 22.5 Å². The van der Waals surface area contributed by atoms with Crippen molar-refractivity contribution >= 4 is 17.0 Å². The molecule has 0 fully saturated rings. The molecule has 2 aromatic carbocycles. The second-order valence-electron chi connectivity index (χ2n) is 7.11. The lowest BCUT2D eigenvalue weighted by atomic mass is 9.84. The van der Waals surface area contributed by atoms with Crippen molar-refractivity contribution in [2.45, 2.75) is 39.0 Å². The summed E-state index contributed by atoms with van der Waals surface area (Å²) < 4.78 is 0. The molecule has 0 spiro atoms. The van der Waals surface area contributed by atoms with Crippen LogP contribution in [0, 0.1) is 0 Å². The van der Waals surface area contributed by atoms with Gasteiger partial charge in [-0.2, -0.15) is 0 Å². The van der Waals surface area contributed by atoms with Crippen molar-refractivity contribution in [3.63, 3.8) is 0 Å². The Morgan fingerprint density at radius 1 is 1.16 bits per heavy atom. The minimum absolute atomic E-state index is 0.0810. The van der Waals surface area contributed by atoms with Gasteiger partial charge >= 0.3 is 0 Å². The van der Waals surface area contributed by atoms with Gasteiger partial charge in [-0.1, -0.05) is 39.0 Å². The van der Waals surface area contributed by atoms with Gasteiger partial charge in [-0.05, 0) is 42.0 Å². The van der Waals surface area contributed by atoms with E-state index in [2.05, 4.69) is 10.2 Å². The molecule has 1 N–H and O–H groups in total. The number of carboxylic acids is 1. The Bertz CT molecular complexity index is 906. The van der Waals surface area contributed by atoms with Crippen molar-refractivity contribution in [2.24, 2.45) is 0 Å². The molecule has 0 aliphatic rings. The van der Waals surface area contributed by atoms with Gasteiger partial charge in [0.05, 0.1) is 0 Å². The Morgan fingerprint density at radius 3 is 2.28 bits per heavy atom. The highest BCUT2D eigenvalue weighted by atomic mass is 16.4. The zero-order chi connectivity index (χ0) is 18.2. The summed E-state index contributed by atoms with van der Waals surface area (Å²) in [5.74, 6) is -1.00. The Kier molecular flexibility index (Phi) is 4.20. The average Bonchev–Trinajstić information content (AvgIpc) is 2.96. The number of carbonyl (C=O) groups excluding carboxylic acids is 1. The normalized spacial score (nSPS) is 11.8. The lowest BCUT2D eigenvalue weighted by molar-refractivity contribution is -0.305. The van der Waals surface area contributed by atoms with Crippen LogP contribution in [0.2, 0.25) is 0 Å². The maximum atomic E-state index is 10.8. The van der Waals surface area contributed by atoms with Gasteiger partial charge in [-0.3, -0.25) is 0 Å². The number of carboxylic acid groups (broad SMARTS) is 1. The molecule has 130 valence electrons. The van der Waals surface area contributed by atoms with Crippen molar-refractivity contribution in [2.75, 3.05) is 0 Å². The van der Waals surface area contributed by atoms with Crippen LogP contribution >= 0.6 is 0 Å². The SMILES string of the molecule is CC(C)(C)c1cc(CCC(=O)[O-])cc(-n2nc3ccccc3n2)c1O. The van der Waals surface area contributed by atoms with Gasteiger partial charge in [0.2, 0.25) is 0 Å². The Morgan fingerprint density at radius 2 is 1.76 bits per heavy atom. The molecule has 0 aliphatic heterocycles. The smallest absolute Gasteiger partial charge is 0.146 e. The molecule has 0 aliphatic carbocycles. The minimum atomic E-state index is -1.10. The van der Waals surface area contributed by atoms with E-state index in [9.17, 15) is 15.0 Å². The molecule has 25 heavy (non-hydrogen) atoms. The predicted molar refractivity (Wildman–Crippen MR) is 92.6 cm³/mol. The van der Waals surface area contributed by atoms with Crippen LogP contribution in [0.15, 0.2) is 36.4 Å². The average molecular weight is 338 g/mol. The molecule has 1 aromatic heterocycles. The van der Waals surface area contributed by atoms with Crippen molar-refractivity contribution < 1.29 is 15.0 Å². The molecule has 3 aromatic rings. The molecule has 0 saturated carbocycles. The first-order valence-corrected chi connectivity index (χ1v) is 8.14. The summed E-state index contributed by atoms with van der Waals surface area (Å²) in [6.45, 7) is 5.96. The van der Waals surface area contributed by atoms with Gasteiger partial charge in [0.25, 0.3) is 0 Å².